The van der Waals surface area contributed by atoms with Gasteiger partial charge in [0, 0.05) is 10.7 Å². The largest absolute Gasteiger partial charge is 0.329 e. The molecule has 0 unspecified atom stereocenters. The maximum Gasteiger partial charge on any atom is 0.329 e. The molecule has 1 fully saturated rings. The van der Waals surface area contributed by atoms with Gasteiger partial charge in [-0.05, 0) is 36.8 Å². The summed E-state index contributed by atoms with van der Waals surface area (Å²) in [7, 11) is 0. The van der Waals surface area contributed by atoms with Crippen LogP contribution in [-0.4, -0.2) is 29.3 Å². The molecule has 2 aromatic rings. The SMILES string of the molecule is Cc1ccc(NC(=O)CN2C(=O)N/C(=C/c3ccccc3Cl)C2=O)cc1. The predicted octanol–water partition coefficient (Wildman–Crippen LogP) is 3.18. The minimum absolute atomic E-state index is 0.0752. The number of imide groups is 1. The van der Waals surface area contributed by atoms with Gasteiger partial charge in [-0.1, -0.05) is 47.5 Å². The summed E-state index contributed by atoms with van der Waals surface area (Å²) in [5.74, 6) is -1.04. The van der Waals surface area contributed by atoms with Crippen molar-refractivity contribution in [3.05, 3.63) is 70.4 Å². The van der Waals surface area contributed by atoms with E-state index < -0.39 is 17.8 Å². The van der Waals surface area contributed by atoms with Gasteiger partial charge in [-0.2, -0.15) is 0 Å². The van der Waals surface area contributed by atoms with Crippen LogP contribution in [0.3, 0.4) is 0 Å². The van der Waals surface area contributed by atoms with Crippen molar-refractivity contribution in [2.45, 2.75) is 6.92 Å². The van der Waals surface area contributed by atoms with Crippen LogP contribution in [0.4, 0.5) is 10.5 Å². The van der Waals surface area contributed by atoms with E-state index in [1.54, 1.807) is 36.4 Å². The molecule has 1 saturated heterocycles. The van der Waals surface area contributed by atoms with Crippen molar-refractivity contribution >= 4 is 41.2 Å². The number of aryl methyl sites for hydroxylation is 1. The lowest BCUT2D eigenvalue weighted by molar-refractivity contribution is -0.127. The molecule has 0 saturated carbocycles. The summed E-state index contributed by atoms with van der Waals surface area (Å²) in [5, 5.41) is 5.58. The lowest BCUT2D eigenvalue weighted by atomic mass is 10.2. The molecule has 0 aromatic heterocycles. The van der Waals surface area contributed by atoms with Crippen molar-refractivity contribution in [2.75, 3.05) is 11.9 Å². The first-order chi connectivity index (χ1) is 12.4. The highest BCUT2D eigenvalue weighted by Crippen LogP contribution is 2.20. The summed E-state index contributed by atoms with van der Waals surface area (Å²) in [6, 6.07) is 13.5. The number of hydrogen-bond acceptors (Lipinski definition) is 3. The van der Waals surface area contributed by atoms with Crippen molar-refractivity contribution in [1.82, 2.24) is 10.2 Å². The lowest BCUT2D eigenvalue weighted by Gasteiger charge is -2.12. The van der Waals surface area contributed by atoms with Gasteiger partial charge in [-0.25, -0.2) is 9.69 Å². The maximum atomic E-state index is 12.4. The average molecular weight is 370 g/mol. The van der Waals surface area contributed by atoms with Gasteiger partial charge in [0.05, 0.1) is 0 Å². The second-order valence-electron chi connectivity index (χ2n) is 5.82. The molecule has 26 heavy (non-hydrogen) atoms. The number of hydrogen-bond donors (Lipinski definition) is 2. The van der Waals surface area contributed by atoms with Gasteiger partial charge in [0.1, 0.15) is 12.2 Å². The van der Waals surface area contributed by atoms with Crippen molar-refractivity contribution in [1.29, 1.82) is 0 Å². The highest BCUT2D eigenvalue weighted by atomic mass is 35.5. The number of urea groups is 1. The number of amides is 4. The Morgan fingerprint density at radius 2 is 1.85 bits per heavy atom. The van der Waals surface area contributed by atoms with Crippen LogP contribution in [0.2, 0.25) is 5.02 Å². The van der Waals surface area contributed by atoms with Gasteiger partial charge < -0.3 is 10.6 Å². The summed E-state index contributed by atoms with van der Waals surface area (Å²) in [6.45, 7) is 1.56. The second kappa shape index (κ2) is 7.41. The van der Waals surface area contributed by atoms with Crippen LogP contribution in [0, 0.1) is 6.92 Å². The molecule has 4 amide bonds. The van der Waals surface area contributed by atoms with Gasteiger partial charge in [-0.3, -0.25) is 9.59 Å². The molecule has 1 aliphatic heterocycles. The zero-order valence-electron chi connectivity index (χ0n) is 14.0. The third kappa shape index (κ3) is 3.92. The molecule has 7 heteroatoms. The molecule has 0 radical (unpaired) electrons. The molecule has 6 nitrogen and oxygen atoms in total. The zero-order chi connectivity index (χ0) is 18.7. The average Bonchev–Trinajstić information content (AvgIpc) is 2.86. The van der Waals surface area contributed by atoms with Crippen molar-refractivity contribution < 1.29 is 14.4 Å². The van der Waals surface area contributed by atoms with Crippen LogP contribution < -0.4 is 10.6 Å². The Hall–Kier alpha value is -3.12. The summed E-state index contributed by atoms with van der Waals surface area (Å²) in [6.07, 6.45) is 1.49. The van der Waals surface area contributed by atoms with Crippen LogP contribution in [0.1, 0.15) is 11.1 Å². The third-order valence-corrected chi connectivity index (χ3v) is 4.15. The molecule has 132 valence electrons. The monoisotopic (exact) mass is 369 g/mol. The smallest absolute Gasteiger partial charge is 0.325 e. The number of carbonyl (C=O) groups excluding carboxylic acids is 3. The van der Waals surface area contributed by atoms with Crippen LogP contribution >= 0.6 is 11.6 Å². The Labute approximate surface area is 155 Å². The summed E-state index contributed by atoms with van der Waals surface area (Å²) in [4.78, 5) is 37.4. The fraction of sp³-hybridized carbons (Fsp3) is 0.105. The van der Waals surface area contributed by atoms with Gasteiger partial charge in [0.25, 0.3) is 5.91 Å². The number of halogens is 1. The molecular weight excluding hydrogens is 354 g/mol. The first kappa shape index (κ1) is 17.7. The number of benzene rings is 2. The van der Waals surface area contributed by atoms with Crippen LogP contribution in [-0.2, 0) is 9.59 Å². The fourth-order valence-corrected chi connectivity index (χ4v) is 2.63. The van der Waals surface area contributed by atoms with E-state index in [0.29, 0.717) is 16.3 Å². The van der Waals surface area contributed by atoms with Crippen LogP contribution in [0.5, 0.6) is 0 Å². The van der Waals surface area contributed by atoms with Crippen LogP contribution in [0.15, 0.2) is 54.2 Å². The van der Waals surface area contributed by atoms with E-state index in [4.69, 9.17) is 11.6 Å². The molecule has 3 rings (SSSR count). The molecule has 0 spiro atoms. The Morgan fingerprint density at radius 3 is 2.54 bits per heavy atom. The van der Waals surface area contributed by atoms with E-state index in [1.165, 1.54) is 6.08 Å². The number of anilines is 1. The van der Waals surface area contributed by atoms with Gasteiger partial charge in [0.15, 0.2) is 0 Å². The lowest BCUT2D eigenvalue weighted by Crippen LogP contribution is -2.38. The summed E-state index contributed by atoms with van der Waals surface area (Å²) >= 11 is 6.06. The normalized spacial score (nSPS) is 15.3. The van der Waals surface area contributed by atoms with E-state index in [0.717, 1.165) is 10.5 Å². The van der Waals surface area contributed by atoms with Crippen LogP contribution in [0.25, 0.3) is 6.08 Å². The highest BCUT2D eigenvalue weighted by Gasteiger charge is 2.35. The zero-order valence-corrected chi connectivity index (χ0v) is 14.7. The van der Waals surface area contributed by atoms with E-state index in [-0.39, 0.29) is 12.2 Å². The van der Waals surface area contributed by atoms with Gasteiger partial charge in [-0.15, -0.1) is 0 Å². The molecule has 0 bridgehead atoms. The van der Waals surface area contributed by atoms with E-state index in [9.17, 15) is 14.4 Å². The molecule has 0 atom stereocenters. The number of nitrogens with one attached hydrogen (secondary N) is 2. The number of carbonyl (C=O) groups is 3. The Kier molecular flexibility index (Phi) is 5.04. The van der Waals surface area contributed by atoms with Gasteiger partial charge in [0.2, 0.25) is 5.91 Å². The highest BCUT2D eigenvalue weighted by molar-refractivity contribution is 6.32. The summed E-state index contributed by atoms with van der Waals surface area (Å²) in [5.41, 5.74) is 2.33. The molecule has 0 aliphatic carbocycles. The Bertz CT molecular complexity index is 907. The third-order valence-electron chi connectivity index (χ3n) is 3.80. The van der Waals surface area contributed by atoms with E-state index in [2.05, 4.69) is 10.6 Å². The van der Waals surface area contributed by atoms with E-state index in [1.807, 2.05) is 19.1 Å². The Morgan fingerprint density at radius 1 is 1.15 bits per heavy atom. The standard InChI is InChI=1S/C19H16ClN3O3/c1-12-6-8-14(9-7-12)21-17(24)11-23-18(25)16(22-19(23)26)10-13-4-2-3-5-15(13)20/h2-10H,11H2,1H3,(H,21,24)(H,22,26)/b16-10+. The minimum Gasteiger partial charge on any atom is -0.325 e. The summed E-state index contributed by atoms with van der Waals surface area (Å²) < 4.78 is 0. The topological polar surface area (TPSA) is 78.5 Å². The second-order valence-corrected chi connectivity index (χ2v) is 6.22. The molecule has 2 aromatic carbocycles. The Balaban J connectivity index is 1.70. The number of nitrogens with zero attached hydrogens (tertiary/aromatic N) is 1. The predicted molar refractivity (Wildman–Crippen MR) is 99.5 cm³/mol. The first-order valence-electron chi connectivity index (χ1n) is 7.89. The van der Waals surface area contributed by atoms with Crippen molar-refractivity contribution in [2.24, 2.45) is 0 Å². The first-order valence-corrected chi connectivity index (χ1v) is 8.27. The molecule has 1 aliphatic rings. The van der Waals surface area contributed by atoms with Crippen molar-refractivity contribution in [3.8, 4) is 0 Å². The van der Waals surface area contributed by atoms with E-state index >= 15 is 0 Å². The van der Waals surface area contributed by atoms with Crippen molar-refractivity contribution in [3.63, 3.8) is 0 Å². The molecule has 2 N–H and O–H groups in total. The fourth-order valence-electron chi connectivity index (χ4n) is 2.44. The molecular formula is C19H16ClN3O3. The minimum atomic E-state index is -0.646. The number of rotatable bonds is 4. The van der Waals surface area contributed by atoms with Gasteiger partial charge >= 0.3 is 6.03 Å². The maximum absolute atomic E-state index is 12.4. The molecule has 1 heterocycles. The quantitative estimate of drug-likeness (QED) is 0.641.